The van der Waals surface area contributed by atoms with Crippen molar-refractivity contribution in [3.05, 3.63) is 72.1 Å². The van der Waals surface area contributed by atoms with Crippen molar-refractivity contribution < 1.29 is 14.3 Å². The maximum atomic E-state index is 12.7. The van der Waals surface area contributed by atoms with Crippen molar-refractivity contribution >= 4 is 11.8 Å². The van der Waals surface area contributed by atoms with Crippen molar-refractivity contribution in [2.45, 2.75) is 25.9 Å². The number of carbonyl (C=O) groups is 2. The zero-order valence-electron chi connectivity index (χ0n) is 18.2. The quantitative estimate of drug-likeness (QED) is 0.722. The molecule has 1 fully saturated rings. The van der Waals surface area contributed by atoms with Gasteiger partial charge in [-0.1, -0.05) is 36.4 Å². The molecule has 0 spiro atoms. The topological polar surface area (TPSA) is 83.6 Å². The molecule has 0 unspecified atom stereocenters. The van der Waals surface area contributed by atoms with Crippen LogP contribution in [0.2, 0.25) is 0 Å². The molecule has 0 aliphatic carbocycles. The van der Waals surface area contributed by atoms with E-state index in [9.17, 15) is 9.59 Å². The number of pyridine rings is 1. The molecule has 2 aliphatic rings. The summed E-state index contributed by atoms with van der Waals surface area (Å²) < 4.78 is 5.96. The van der Waals surface area contributed by atoms with E-state index in [2.05, 4.69) is 21.7 Å². The first-order valence-corrected chi connectivity index (χ1v) is 11.2. The number of fused-ring (bicyclic) bond motifs is 3. The number of ether oxygens (including phenoxy) is 1. The fraction of sp³-hybridized carbons (Fsp3) is 0.400. The Morgan fingerprint density at radius 2 is 2.12 bits per heavy atom. The lowest BCUT2D eigenvalue weighted by Crippen LogP contribution is -2.47. The molecule has 7 nitrogen and oxygen atoms in total. The molecule has 2 aliphatic heterocycles. The normalized spacial score (nSPS) is 22.4. The highest BCUT2D eigenvalue weighted by Crippen LogP contribution is 2.28. The summed E-state index contributed by atoms with van der Waals surface area (Å²) in [5.41, 5.74) is 2.02. The van der Waals surface area contributed by atoms with E-state index in [0.717, 1.165) is 23.3 Å². The third-order valence-electron chi connectivity index (χ3n) is 6.10. The van der Waals surface area contributed by atoms with Crippen LogP contribution in [0.1, 0.15) is 24.0 Å². The molecule has 2 bridgehead atoms. The Bertz CT molecular complexity index is 947. The van der Waals surface area contributed by atoms with E-state index in [4.69, 9.17) is 4.74 Å². The Kier molecular flexibility index (Phi) is 7.51. The first-order valence-electron chi connectivity index (χ1n) is 11.2. The summed E-state index contributed by atoms with van der Waals surface area (Å²) in [5.74, 6) is 1.26. The van der Waals surface area contributed by atoms with Crippen molar-refractivity contribution in [3.8, 4) is 5.75 Å². The third kappa shape index (κ3) is 5.95. The number of amides is 2. The molecule has 7 heteroatoms. The number of nitrogens with zero attached hydrogens (tertiary/aromatic N) is 2. The summed E-state index contributed by atoms with van der Waals surface area (Å²) in [5, 5.41) is 6.25. The number of carbonyl (C=O) groups excluding carboxylic acids is 2. The van der Waals surface area contributed by atoms with Gasteiger partial charge in [0.05, 0.1) is 6.54 Å². The van der Waals surface area contributed by atoms with Gasteiger partial charge in [0, 0.05) is 50.6 Å². The number of hydrogen-bond acceptors (Lipinski definition) is 5. The summed E-state index contributed by atoms with van der Waals surface area (Å²) in [6, 6.07) is 11.7. The van der Waals surface area contributed by atoms with E-state index in [1.165, 1.54) is 0 Å². The molecule has 2 amide bonds. The highest BCUT2D eigenvalue weighted by Gasteiger charge is 2.31. The lowest BCUT2D eigenvalue weighted by molar-refractivity contribution is -0.132. The van der Waals surface area contributed by atoms with E-state index in [1.807, 2.05) is 47.4 Å². The Hall–Kier alpha value is -3.19. The molecular formula is C25H30N4O3. The molecular weight excluding hydrogens is 404 g/mol. The zero-order chi connectivity index (χ0) is 22.2. The summed E-state index contributed by atoms with van der Waals surface area (Å²) >= 11 is 0. The number of benzene rings is 1. The number of para-hydroxylation sites is 1. The smallest absolute Gasteiger partial charge is 0.236 e. The standard InChI is InChI=1S/C25H30N4O3/c30-24(28-15-19-5-3-10-26-14-19)13-20-9-11-29-18-22(20)7-4-12-32-23-8-2-1-6-21(23)16-27-17-25(29)31/h1-8,10,14,20,22,27H,9,11-13,15-18H2,(H,28,30)/b7-4-/t20-,22-/m0/s1. The monoisotopic (exact) mass is 434 g/mol. The number of hydrogen-bond donors (Lipinski definition) is 2. The van der Waals surface area contributed by atoms with Gasteiger partial charge in [0.25, 0.3) is 0 Å². The number of aromatic nitrogens is 1. The second kappa shape index (κ2) is 10.9. The molecule has 0 radical (unpaired) electrons. The molecule has 2 aromatic rings. The van der Waals surface area contributed by atoms with Gasteiger partial charge in [0.15, 0.2) is 0 Å². The molecule has 32 heavy (non-hydrogen) atoms. The minimum absolute atomic E-state index is 0.0294. The van der Waals surface area contributed by atoms with Gasteiger partial charge in [-0.15, -0.1) is 0 Å². The molecule has 4 rings (SSSR count). The van der Waals surface area contributed by atoms with E-state index >= 15 is 0 Å². The Labute approximate surface area is 188 Å². The van der Waals surface area contributed by atoms with Crippen LogP contribution in [0.3, 0.4) is 0 Å². The predicted molar refractivity (Wildman–Crippen MR) is 122 cm³/mol. The second-order valence-corrected chi connectivity index (χ2v) is 8.34. The van der Waals surface area contributed by atoms with Crippen molar-refractivity contribution in [2.24, 2.45) is 11.8 Å². The average Bonchev–Trinajstić information content (AvgIpc) is 2.83. The SMILES string of the molecule is O=C(C[C@@H]1CCN2C[C@@H]1/C=C\COc1ccccc1CNCC2=O)NCc1cccnc1. The lowest BCUT2D eigenvalue weighted by atomic mass is 9.82. The van der Waals surface area contributed by atoms with Crippen molar-refractivity contribution in [3.63, 3.8) is 0 Å². The van der Waals surface area contributed by atoms with E-state index in [-0.39, 0.29) is 23.7 Å². The molecule has 0 saturated carbocycles. The van der Waals surface area contributed by atoms with E-state index in [1.54, 1.807) is 12.4 Å². The van der Waals surface area contributed by atoms with Crippen LogP contribution in [0.15, 0.2) is 60.9 Å². The van der Waals surface area contributed by atoms with Crippen LogP contribution in [-0.4, -0.2) is 47.9 Å². The number of rotatable bonds is 4. The maximum absolute atomic E-state index is 12.7. The Balaban J connectivity index is 1.40. The summed E-state index contributed by atoms with van der Waals surface area (Å²) in [7, 11) is 0. The summed E-state index contributed by atoms with van der Waals surface area (Å²) in [6.45, 7) is 3.12. The second-order valence-electron chi connectivity index (χ2n) is 8.34. The van der Waals surface area contributed by atoms with Crippen LogP contribution in [0.5, 0.6) is 5.75 Å². The lowest BCUT2D eigenvalue weighted by Gasteiger charge is -2.37. The fourth-order valence-corrected chi connectivity index (χ4v) is 4.32. The van der Waals surface area contributed by atoms with Crippen molar-refractivity contribution in [2.75, 3.05) is 26.2 Å². The molecule has 3 heterocycles. The Morgan fingerprint density at radius 3 is 3.00 bits per heavy atom. The summed E-state index contributed by atoms with van der Waals surface area (Å²) in [4.78, 5) is 31.3. The maximum Gasteiger partial charge on any atom is 0.236 e. The number of nitrogens with one attached hydrogen (secondary N) is 2. The highest BCUT2D eigenvalue weighted by atomic mass is 16.5. The minimum Gasteiger partial charge on any atom is -0.489 e. The first-order chi connectivity index (χ1) is 15.7. The van der Waals surface area contributed by atoms with E-state index in [0.29, 0.717) is 45.8 Å². The van der Waals surface area contributed by atoms with Gasteiger partial charge in [-0.3, -0.25) is 14.6 Å². The highest BCUT2D eigenvalue weighted by molar-refractivity contribution is 5.79. The van der Waals surface area contributed by atoms with Crippen molar-refractivity contribution in [1.82, 2.24) is 20.5 Å². The molecule has 1 aromatic heterocycles. The third-order valence-corrected chi connectivity index (χ3v) is 6.10. The van der Waals surface area contributed by atoms with Gasteiger partial charge in [0.2, 0.25) is 11.8 Å². The first kappa shape index (κ1) is 22.0. The average molecular weight is 435 g/mol. The summed E-state index contributed by atoms with van der Waals surface area (Å²) in [6.07, 6.45) is 8.86. The molecule has 2 atom stereocenters. The zero-order valence-corrected chi connectivity index (χ0v) is 18.2. The van der Waals surface area contributed by atoms with Crippen LogP contribution in [0, 0.1) is 11.8 Å². The Morgan fingerprint density at radius 1 is 1.22 bits per heavy atom. The van der Waals surface area contributed by atoms with Gasteiger partial charge in [-0.25, -0.2) is 0 Å². The van der Waals surface area contributed by atoms with Gasteiger partial charge in [0.1, 0.15) is 12.4 Å². The largest absolute Gasteiger partial charge is 0.489 e. The van der Waals surface area contributed by atoms with Crippen molar-refractivity contribution in [1.29, 1.82) is 0 Å². The molecule has 2 N–H and O–H groups in total. The van der Waals surface area contributed by atoms with Crippen LogP contribution in [0.4, 0.5) is 0 Å². The van der Waals surface area contributed by atoms with Crippen LogP contribution in [-0.2, 0) is 22.7 Å². The van der Waals surface area contributed by atoms with Crippen LogP contribution in [0.25, 0.3) is 0 Å². The van der Waals surface area contributed by atoms with Crippen LogP contribution >= 0.6 is 0 Å². The molecule has 1 aromatic carbocycles. The molecule has 168 valence electrons. The van der Waals surface area contributed by atoms with E-state index < -0.39 is 0 Å². The van der Waals surface area contributed by atoms with Gasteiger partial charge < -0.3 is 20.3 Å². The number of piperidine rings is 1. The van der Waals surface area contributed by atoms with Gasteiger partial charge >= 0.3 is 0 Å². The predicted octanol–water partition coefficient (Wildman–Crippen LogP) is 2.29. The van der Waals surface area contributed by atoms with Gasteiger partial charge in [-0.2, -0.15) is 0 Å². The minimum atomic E-state index is 0.0294. The van der Waals surface area contributed by atoms with Gasteiger partial charge in [-0.05, 0) is 36.0 Å². The molecule has 1 saturated heterocycles. The van der Waals surface area contributed by atoms with Crippen LogP contribution < -0.4 is 15.4 Å². The fourth-order valence-electron chi connectivity index (χ4n) is 4.32.